The van der Waals surface area contributed by atoms with Crippen molar-refractivity contribution >= 4 is 17.3 Å². The van der Waals surface area contributed by atoms with Crippen LogP contribution in [0.5, 0.6) is 5.75 Å². The highest BCUT2D eigenvalue weighted by molar-refractivity contribution is 5.99. The monoisotopic (exact) mass is 268 g/mol. The van der Waals surface area contributed by atoms with E-state index in [4.69, 9.17) is 10.5 Å². The number of hydrogen-bond donors (Lipinski definition) is 2. The normalized spacial score (nSPS) is 16.4. The second-order valence-corrected chi connectivity index (χ2v) is 4.93. The lowest BCUT2D eigenvalue weighted by Crippen LogP contribution is -2.23. The van der Waals surface area contributed by atoms with Crippen molar-refractivity contribution in [2.45, 2.75) is 12.8 Å². The first-order valence-corrected chi connectivity index (χ1v) is 6.54. The summed E-state index contributed by atoms with van der Waals surface area (Å²) in [6.45, 7) is 2.29. The Morgan fingerprint density at radius 1 is 1.25 bits per heavy atom. The lowest BCUT2D eigenvalue weighted by Gasteiger charge is -2.14. The number of ether oxygens (including phenoxy) is 1. The highest BCUT2D eigenvalue weighted by atomic mass is 16.5. The molecule has 0 radical (unpaired) electrons. The second kappa shape index (κ2) is 4.89. The zero-order chi connectivity index (χ0) is 14.1. The minimum absolute atomic E-state index is 0.0871. The molecule has 102 valence electrons. The van der Waals surface area contributed by atoms with Crippen LogP contribution < -0.4 is 15.8 Å². The van der Waals surface area contributed by atoms with Crippen molar-refractivity contribution in [3.63, 3.8) is 0 Å². The molecule has 0 saturated heterocycles. The van der Waals surface area contributed by atoms with E-state index in [1.165, 1.54) is 0 Å². The van der Waals surface area contributed by atoms with Crippen molar-refractivity contribution in [3.05, 3.63) is 53.6 Å². The maximum absolute atomic E-state index is 12.4. The first kappa shape index (κ1) is 12.5. The molecule has 0 aromatic heterocycles. The highest BCUT2D eigenvalue weighted by Gasteiger charge is 2.30. The third-order valence-corrected chi connectivity index (χ3v) is 3.57. The van der Waals surface area contributed by atoms with Crippen LogP contribution in [0.4, 0.5) is 11.4 Å². The van der Waals surface area contributed by atoms with Gasteiger partial charge in [0, 0.05) is 5.56 Å². The number of aryl methyl sites for hydroxylation is 1. The average Bonchev–Trinajstić information content (AvgIpc) is 2.87. The van der Waals surface area contributed by atoms with Crippen LogP contribution in [-0.4, -0.2) is 12.5 Å². The van der Waals surface area contributed by atoms with E-state index in [0.717, 1.165) is 16.9 Å². The van der Waals surface area contributed by atoms with Crippen LogP contribution in [-0.2, 0) is 4.79 Å². The number of para-hydroxylation sites is 2. The zero-order valence-electron chi connectivity index (χ0n) is 11.2. The first-order chi connectivity index (χ1) is 9.66. The molecule has 0 fully saturated rings. The molecular weight excluding hydrogens is 252 g/mol. The summed E-state index contributed by atoms with van der Waals surface area (Å²) in [6.07, 6.45) is 0. The van der Waals surface area contributed by atoms with Gasteiger partial charge in [0.15, 0.2) is 0 Å². The van der Waals surface area contributed by atoms with Crippen LogP contribution in [0, 0.1) is 6.92 Å². The Morgan fingerprint density at radius 2 is 2.05 bits per heavy atom. The standard InChI is InChI=1S/C16H16N2O2/c1-10-5-4-7-13(17)15(10)18-16(19)12-9-20-14-8-3-2-6-11(12)14/h2-8,12H,9,17H2,1H3,(H,18,19). The van der Waals surface area contributed by atoms with E-state index in [1.54, 1.807) is 6.07 Å². The Balaban J connectivity index is 1.85. The lowest BCUT2D eigenvalue weighted by molar-refractivity contribution is -0.117. The molecule has 3 N–H and O–H groups in total. The van der Waals surface area contributed by atoms with Crippen molar-refractivity contribution in [2.24, 2.45) is 0 Å². The molecule has 0 bridgehead atoms. The Kier molecular flexibility index (Phi) is 3.06. The van der Waals surface area contributed by atoms with Crippen LogP contribution >= 0.6 is 0 Å². The van der Waals surface area contributed by atoms with Gasteiger partial charge in [-0.3, -0.25) is 4.79 Å². The van der Waals surface area contributed by atoms with Crippen molar-refractivity contribution in [1.82, 2.24) is 0 Å². The summed E-state index contributed by atoms with van der Waals surface area (Å²) in [5.74, 6) is 0.409. The molecule has 0 saturated carbocycles. The maximum atomic E-state index is 12.4. The van der Waals surface area contributed by atoms with Gasteiger partial charge in [-0.2, -0.15) is 0 Å². The number of amides is 1. The molecule has 1 amide bonds. The number of nitrogens with one attached hydrogen (secondary N) is 1. The summed E-state index contributed by atoms with van der Waals surface area (Å²) < 4.78 is 5.54. The number of hydrogen-bond acceptors (Lipinski definition) is 3. The third-order valence-electron chi connectivity index (χ3n) is 3.57. The summed E-state index contributed by atoms with van der Waals surface area (Å²) in [7, 11) is 0. The fraction of sp³-hybridized carbons (Fsp3) is 0.188. The van der Waals surface area contributed by atoms with Gasteiger partial charge in [-0.15, -0.1) is 0 Å². The highest BCUT2D eigenvalue weighted by Crippen LogP contribution is 2.34. The third kappa shape index (κ3) is 2.09. The molecule has 1 heterocycles. The van der Waals surface area contributed by atoms with E-state index in [2.05, 4.69) is 5.32 Å². The summed E-state index contributed by atoms with van der Waals surface area (Å²) in [4.78, 5) is 12.4. The largest absolute Gasteiger partial charge is 0.492 e. The smallest absolute Gasteiger partial charge is 0.235 e. The minimum Gasteiger partial charge on any atom is -0.492 e. The Bertz CT molecular complexity index is 647. The fourth-order valence-electron chi connectivity index (χ4n) is 2.45. The molecule has 4 nitrogen and oxygen atoms in total. The molecule has 2 aromatic carbocycles. The quantitative estimate of drug-likeness (QED) is 0.823. The van der Waals surface area contributed by atoms with Crippen LogP contribution in [0.3, 0.4) is 0 Å². The van der Waals surface area contributed by atoms with E-state index < -0.39 is 0 Å². The maximum Gasteiger partial charge on any atom is 0.235 e. The predicted octanol–water partition coefficient (Wildman–Crippen LogP) is 2.69. The number of carbonyl (C=O) groups excluding carboxylic acids is 1. The molecule has 0 aliphatic carbocycles. The van der Waals surface area contributed by atoms with Crippen LogP contribution in [0.2, 0.25) is 0 Å². The van der Waals surface area contributed by atoms with Crippen LogP contribution in [0.1, 0.15) is 17.0 Å². The molecule has 20 heavy (non-hydrogen) atoms. The SMILES string of the molecule is Cc1cccc(N)c1NC(=O)C1COc2ccccc21. The van der Waals surface area contributed by atoms with Crippen molar-refractivity contribution < 1.29 is 9.53 Å². The molecule has 1 aliphatic rings. The number of nitrogens with two attached hydrogens (primary N) is 1. The molecule has 1 atom stereocenters. The van der Waals surface area contributed by atoms with E-state index in [1.807, 2.05) is 43.3 Å². The summed E-state index contributed by atoms with van der Waals surface area (Å²) in [5, 5.41) is 2.92. The molecule has 0 spiro atoms. The van der Waals surface area contributed by atoms with Gasteiger partial charge in [0.25, 0.3) is 0 Å². The van der Waals surface area contributed by atoms with Gasteiger partial charge in [0.05, 0.1) is 11.4 Å². The zero-order valence-corrected chi connectivity index (χ0v) is 11.2. The lowest BCUT2D eigenvalue weighted by atomic mass is 10.00. The van der Waals surface area contributed by atoms with E-state index in [9.17, 15) is 4.79 Å². The van der Waals surface area contributed by atoms with Crippen LogP contribution in [0.25, 0.3) is 0 Å². The molecule has 2 aromatic rings. The van der Waals surface area contributed by atoms with E-state index >= 15 is 0 Å². The molecule has 1 aliphatic heterocycles. The Labute approximate surface area is 117 Å². The number of benzene rings is 2. The number of carbonyl (C=O) groups is 1. The molecule has 1 unspecified atom stereocenters. The topological polar surface area (TPSA) is 64.3 Å². The number of fused-ring (bicyclic) bond motifs is 1. The number of anilines is 2. The molecule has 3 rings (SSSR count). The number of rotatable bonds is 2. The minimum atomic E-state index is -0.287. The van der Waals surface area contributed by atoms with Gasteiger partial charge >= 0.3 is 0 Å². The summed E-state index contributed by atoms with van der Waals surface area (Å²) in [5.41, 5.74) is 9.05. The fourth-order valence-corrected chi connectivity index (χ4v) is 2.45. The first-order valence-electron chi connectivity index (χ1n) is 6.54. The summed E-state index contributed by atoms with van der Waals surface area (Å²) in [6, 6.07) is 13.2. The van der Waals surface area contributed by atoms with Gasteiger partial charge in [0.1, 0.15) is 18.3 Å². The van der Waals surface area contributed by atoms with Gasteiger partial charge in [-0.1, -0.05) is 30.3 Å². The second-order valence-electron chi connectivity index (χ2n) is 4.93. The average molecular weight is 268 g/mol. The molecular formula is C16H16N2O2. The predicted molar refractivity (Wildman–Crippen MR) is 78.9 cm³/mol. The van der Waals surface area contributed by atoms with Crippen molar-refractivity contribution in [1.29, 1.82) is 0 Å². The van der Waals surface area contributed by atoms with Gasteiger partial charge in [0.2, 0.25) is 5.91 Å². The van der Waals surface area contributed by atoms with Crippen molar-refractivity contribution in [3.8, 4) is 5.75 Å². The van der Waals surface area contributed by atoms with E-state index in [-0.39, 0.29) is 11.8 Å². The number of nitrogen functional groups attached to an aromatic ring is 1. The van der Waals surface area contributed by atoms with Crippen LogP contribution in [0.15, 0.2) is 42.5 Å². The van der Waals surface area contributed by atoms with Gasteiger partial charge in [-0.25, -0.2) is 0 Å². The van der Waals surface area contributed by atoms with Gasteiger partial charge in [-0.05, 0) is 24.6 Å². The molecule has 4 heteroatoms. The van der Waals surface area contributed by atoms with E-state index in [0.29, 0.717) is 18.0 Å². The summed E-state index contributed by atoms with van der Waals surface area (Å²) >= 11 is 0. The van der Waals surface area contributed by atoms with Gasteiger partial charge < -0.3 is 15.8 Å². The Hall–Kier alpha value is -2.49. The van der Waals surface area contributed by atoms with Crippen molar-refractivity contribution in [2.75, 3.05) is 17.7 Å². The Morgan fingerprint density at radius 3 is 2.85 bits per heavy atom.